The Balaban J connectivity index is 0.000000443. The van der Waals surface area contributed by atoms with Gasteiger partial charge in [-0.25, -0.2) is 0 Å². The van der Waals surface area contributed by atoms with E-state index in [1.807, 2.05) is 13.8 Å². The number of likely N-dealkylation sites (N-methyl/N-ethyl adjacent to an activating group) is 1. The average molecular weight is 566 g/mol. The quantitative estimate of drug-likeness (QED) is 0.468. The summed E-state index contributed by atoms with van der Waals surface area (Å²) in [5.74, 6) is 0.931. The van der Waals surface area contributed by atoms with E-state index in [2.05, 4.69) is 71.4 Å². The second kappa shape index (κ2) is 18.3. The van der Waals surface area contributed by atoms with E-state index in [0.29, 0.717) is 10.8 Å². The van der Waals surface area contributed by atoms with E-state index in [1.54, 1.807) is 21.3 Å². The van der Waals surface area contributed by atoms with Crippen LogP contribution in [0.5, 0.6) is 5.75 Å². The van der Waals surface area contributed by atoms with E-state index in [-0.39, 0.29) is 6.47 Å². The summed E-state index contributed by atoms with van der Waals surface area (Å²) >= 11 is 0. The molecule has 0 unspecified atom stereocenters. The van der Waals surface area contributed by atoms with Gasteiger partial charge in [0.05, 0.1) is 39.1 Å². The molecule has 3 aliphatic heterocycles. The van der Waals surface area contributed by atoms with E-state index in [0.717, 1.165) is 58.2 Å². The van der Waals surface area contributed by atoms with Crippen LogP contribution in [-0.2, 0) is 32.0 Å². The fourth-order valence-corrected chi connectivity index (χ4v) is 4.74. The summed E-state index contributed by atoms with van der Waals surface area (Å²) in [5.41, 5.74) is 3.76. The zero-order valence-corrected chi connectivity index (χ0v) is 26.5. The molecule has 0 bridgehead atoms. The van der Waals surface area contributed by atoms with Gasteiger partial charge in [0.2, 0.25) is 0 Å². The average Bonchev–Trinajstić information content (AvgIpc) is 3.23. The minimum atomic E-state index is -0.250. The Bertz CT molecular complexity index is 956. The molecule has 4 heterocycles. The smallest absolute Gasteiger partial charge is 0.290 e. The maximum absolute atomic E-state index is 8.36. The first kappa shape index (κ1) is 35.9. The van der Waals surface area contributed by atoms with Crippen molar-refractivity contribution >= 4 is 17.4 Å². The number of benzene rings is 1. The molecule has 1 aromatic heterocycles. The molecule has 1 N–H and O–H groups in total. The molecule has 40 heavy (non-hydrogen) atoms. The molecule has 0 atom stereocenters. The predicted molar refractivity (Wildman–Crippen MR) is 163 cm³/mol. The van der Waals surface area contributed by atoms with Gasteiger partial charge in [0.1, 0.15) is 5.75 Å². The highest BCUT2D eigenvalue weighted by Crippen LogP contribution is 2.37. The van der Waals surface area contributed by atoms with Gasteiger partial charge >= 0.3 is 0 Å². The number of nitrogens with zero attached hydrogens (tertiary/aromatic N) is 3. The molecule has 5 rings (SSSR count). The number of carbonyl (C=O) groups is 1. The number of ether oxygens (including phenoxy) is 4. The van der Waals surface area contributed by atoms with Crippen LogP contribution >= 0.6 is 0 Å². The summed E-state index contributed by atoms with van der Waals surface area (Å²) in [6, 6.07) is 6.45. The summed E-state index contributed by atoms with van der Waals surface area (Å²) in [5, 5.41) is 8.25. The summed E-state index contributed by atoms with van der Waals surface area (Å²) in [4.78, 5) is 13.2. The minimum absolute atomic E-state index is 0.250. The molecule has 1 spiro atoms. The van der Waals surface area contributed by atoms with Crippen molar-refractivity contribution in [3.63, 3.8) is 0 Å². The number of fused-ring (bicyclic) bond motifs is 1. The third-order valence-electron chi connectivity index (χ3n) is 7.35. The highest BCUT2D eigenvalue weighted by atomic mass is 16.5. The van der Waals surface area contributed by atoms with Crippen LogP contribution in [0.25, 0.3) is 10.9 Å². The maximum atomic E-state index is 8.36. The number of hydrogen-bond donors (Lipinski definition) is 1. The van der Waals surface area contributed by atoms with Crippen LogP contribution in [0.2, 0.25) is 0 Å². The first-order valence-corrected chi connectivity index (χ1v) is 14.3. The molecule has 230 valence electrons. The standard InChI is InChI=1S/C20H29N3O2.C6H12O.C2H6O.C2H6.CH2O2/c1-21(2)7-6-16-11-23(19-10-17(24-3)4-5-18(16)19)9-8-22-12-20(13-22)14-25-15-20;1-3-6(2)4-7-5-6;1-3-2;1-2;2-1-3/h4-5,10-11H,6-9,12-15H2,1-3H3;3-5H2,1-2H3;1-2H3;1-2H3;1H,(H,2,3). The van der Waals surface area contributed by atoms with Gasteiger partial charge in [0.15, 0.2) is 0 Å². The zero-order valence-electron chi connectivity index (χ0n) is 26.5. The summed E-state index contributed by atoms with van der Waals surface area (Å²) in [6.45, 7) is 17.7. The summed E-state index contributed by atoms with van der Waals surface area (Å²) in [7, 11) is 9.25. The largest absolute Gasteiger partial charge is 0.497 e. The predicted octanol–water partition coefficient (Wildman–Crippen LogP) is 4.51. The van der Waals surface area contributed by atoms with Crippen LogP contribution in [0.3, 0.4) is 0 Å². The van der Waals surface area contributed by atoms with Crippen molar-refractivity contribution in [2.24, 2.45) is 10.8 Å². The molecule has 9 heteroatoms. The van der Waals surface area contributed by atoms with Crippen molar-refractivity contribution in [3.8, 4) is 5.75 Å². The highest BCUT2D eigenvalue weighted by molar-refractivity contribution is 5.85. The molecule has 1 aromatic carbocycles. The lowest BCUT2D eigenvalue weighted by Gasteiger charge is -2.55. The van der Waals surface area contributed by atoms with Crippen LogP contribution < -0.4 is 4.74 Å². The summed E-state index contributed by atoms with van der Waals surface area (Å²) in [6.07, 6.45) is 4.68. The molecule has 3 fully saturated rings. The second-order valence-corrected chi connectivity index (χ2v) is 11.2. The fourth-order valence-electron chi connectivity index (χ4n) is 4.74. The zero-order chi connectivity index (χ0) is 30.2. The lowest BCUT2D eigenvalue weighted by atomic mass is 9.78. The highest BCUT2D eigenvalue weighted by Gasteiger charge is 2.48. The molecule has 0 saturated carbocycles. The van der Waals surface area contributed by atoms with Gasteiger partial charge in [-0.2, -0.15) is 0 Å². The van der Waals surface area contributed by atoms with E-state index < -0.39 is 0 Å². The van der Waals surface area contributed by atoms with Gasteiger partial charge in [0.25, 0.3) is 6.47 Å². The number of hydrogen-bond acceptors (Lipinski definition) is 7. The molecule has 9 nitrogen and oxygen atoms in total. The van der Waals surface area contributed by atoms with Gasteiger partial charge in [-0.15, -0.1) is 0 Å². The van der Waals surface area contributed by atoms with Crippen LogP contribution in [0.4, 0.5) is 0 Å². The van der Waals surface area contributed by atoms with Crippen molar-refractivity contribution in [3.05, 3.63) is 30.0 Å². The lowest BCUT2D eigenvalue weighted by Crippen LogP contribution is -2.66. The number of aromatic nitrogens is 1. The first-order chi connectivity index (χ1) is 19.2. The third kappa shape index (κ3) is 10.7. The Labute approximate surface area is 242 Å². The molecule has 0 aliphatic carbocycles. The maximum Gasteiger partial charge on any atom is 0.290 e. The van der Waals surface area contributed by atoms with E-state index >= 15 is 0 Å². The van der Waals surface area contributed by atoms with Crippen molar-refractivity contribution in [1.29, 1.82) is 0 Å². The van der Waals surface area contributed by atoms with Crippen LogP contribution in [-0.4, -0.2) is 114 Å². The molecule has 0 radical (unpaired) electrons. The fraction of sp³-hybridized carbons (Fsp3) is 0.710. The van der Waals surface area contributed by atoms with Gasteiger partial charge in [-0.1, -0.05) is 27.7 Å². The summed E-state index contributed by atoms with van der Waals surface area (Å²) < 4.78 is 22.5. The molecule has 2 aromatic rings. The van der Waals surface area contributed by atoms with Crippen LogP contribution in [0.1, 0.15) is 39.7 Å². The minimum Gasteiger partial charge on any atom is -0.497 e. The Morgan fingerprint density at radius 3 is 2.02 bits per heavy atom. The normalized spacial score (nSPS) is 17.6. The van der Waals surface area contributed by atoms with E-state index in [1.165, 1.54) is 36.0 Å². The molecule has 3 aliphatic rings. The van der Waals surface area contributed by atoms with Crippen molar-refractivity contribution in [2.75, 3.05) is 88.0 Å². The number of methoxy groups -OCH3 is 2. The lowest BCUT2D eigenvalue weighted by molar-refractivity contribution is -0.189. The number of rotatable bonds is 8. The van der Waals surface area contributed by atoms with E-state index in [4.69, 9.17) is 24.1 Å². The van der Waals surface area contributed by atoms with Crippen molar-refractivity contribution in [2.45, 2.75) is 47.1 Å². The molecular weight excluding hydrogens is 510 g/mol. The third-order valence-corrected chi connectivity index (χ3v) is 7.35. The van der Waals surface area contributed by atoms with Gasteiger partial charge in [-0.3, -0.25) is 4.79 Å². The van der Waals surface area contributed by atoms with E-state index in [9.17, 15) is 0 Å². The molecule has 3 saturated heterocycles. The topological polar surface area (TPSA) is 85.6 Å². The van der Waals surface area contributed by atoms with Crippen LogP contribution in [0, 0.1) is 10.8 Å². The van der Waals surface area contributed by atoms with Crippen molar-refractivity contribution in [1.82, 2.24) is 14.4 Å². The monoisotopic (exact) mass is 565 g/mol. The van der Waals surface area contributed by atoms with Gasteiger partial charge < -0.3 is 38.4 Å². The molecular formula is C31H55N3O6. The Kier molecular flexibility index (Phi) is 16.4. The number of carboxylic acid groups (broad SMARTS) is 1. The van der Waals surface area contributed by atoms with Gasteiger partial charge in [0, 0.05) is 75.4 Å². The first-order valence-electron chi connectivity index (χ1n) is 14.3. The SMILES string of the molecule is CC.CCC1(C)COC1.COC.COc1ccc2c(CCN(C)C)cn(CCN3CC4(COC4)C3)c2c1.O=CO. The van der Waals surface area contributed by atoms with Crippen molar-refractivity contribution < 1.29 is 28.8 Å². The molecule has 0 amide bonds. The Morgan fingerprint density at radius 2 is 1.62 bits per heavy atom. The Morgan fingerprint density at radius 1 is 1.05 bits per heavy atom. The Hall–Kier alpha value is -2.17. The van der Waals surface area contributed by atoms with Crippen LogP contribution in [0.15, 0.2) is 24.4 Å². The van der Waals surface area contributed by atoms with Gasteiger partial charge in [-0.05, 0) is 44.6 Å². The number of likely N-dealkylation sites (tertiary alicyclic amines) is 1. The second-order valence-electron chi connectivity index (χ2n) is 11.2.